The van der Waals surface area contributed by atoms with E-state index >= 15 is 0 Å². The zero-order chi connectivity index (χ0) is 5.70. The summed E-state index contributed by atoms with van der Waals surface area (Å²) in [4.78, 5) is 10.3. The predicted octanol–water partition coefficient (Wildman–Crippen LogP) is 0.152. The van der Waals surface area contributed by atoms with E-state index in [9.17, 15) is 4.79 Å². The van der Waals surface area contributed by atoms with Gasteiger partial charge in [-0.05, 0) is 6.92 Å². The van der Waals surface area contributed by atoms with Crippen molar-refractivity contribution in [2.75, 3.05) is 6.54 Å². The van der Waals surface area contributed by atoms with E-state index in [1.165, 1.54) is 0 Å². The van der Waals surface area contributed by atoms with E-state index in [2.05, 4.69) is 5.32 Å². The van der Waals surface area contributed by atoms with Crippen molar-refractivity contribution in [1.29, 1.82) is 0 Å². The first-order chi connectivity index (χ1) is 3.31. The van der Waals surface area contributed by atoms with Crippen LogP contribution in [0.25, 0.3) is 0 Å². The van der Waals surface area contributed by atoms with Gasteiger partial charge in [-0.3, -0.25) is 4.79 Å². The molecule has 0 fully saturated rings. The first-order valence-electron chi connectivity index (χ1n) is 2.58. The SMILES string of the molecule is CCNC(=O)CC.[K]. The number of carbonyl (C=O) groups excluding carboxylic acids is 1. The minimum absolute atomic E-state index is 0. The van der Waals surface area contributed by atoms with E-state index in [4.69, 9.17) is 0 Å². The van der Waals surface area contributed by atoms with Gasteiger partial charge in [-0.15, -0.1) is 0 Å². The predicted molar refractivity (Wildman–Crippen MR) is 34.7 cm³/mol. The van der Waals surface area contributed by atoms with Gasteiger partial charge in [0.25, 0.3) is 0 Å². The Morgan fingerprint density at radius 3 is 2.12 bits per heavy atom. The third kappa shape index (κ3) is 7.11. The van der Waals surface area contributed by atoms with Crippen LogP contribution in [0.4, 0.5) is 0 Å². The van der Waals surface area contributed by atoms with E-state index in [1.54, 1.807) is 0 Å². The van der Waals surface area contributed by atoms with Gasteiger partial charge in [-0.25, -0.2) is 0 Å². The molecule has 8 heavy (non-hydrogen) atoms. The van der Waals surface area contributed by atoms with Crippen LogP contribution in [0.3, 0.4) is 0 Å². The van der Waals surface area contributed by atoms with Gasteiger partial charge in [0, 0.05) is 64.4 Å². The van der Waals surface area contributed by atoms with E-state index in [1.807, 2.05) is 13.8 Å². The minimum Gasteiger partial charge on any atom is -0.356 e. The Kier molecular flexibility index (Phi) is 12.0. The molecule has 3 heteroatoms. The molecule has 1 amide bonds. The Morgan fingerprint density at radius 2 is 2.00 bits per heavy atom. The molecule has 0 aromatic rings. The number of rotatable bonds is 2. The fourth-order valence-electron chi connectivity index (χ4n) is 0.322. The molecule has 0 aromatic heterocycles. The van der Waals surface area contributed by atoms with Crippen LogP contribution in [0, 0.1) is 0 Å². The van der Waals surface area contributed by atoms with E-state index in [0.29, 0.717) is 6.42 Å². The molecule has 0 saturated carbocycles. The molecule has 1 N–H and O–H groups in total. The molecule has 0 unspecified atom stereocenters. The summed E-state index contributed by atoms with van der Waals surface area (Å²) in [6.07, 6.45) is 0.591. The van der Waals surface area contributed by atoms with Gasteiger partial charge in [0.2, 0.25) is 5.91 Å². The fourth-order valence-corrected chi connectivity index (χ4v) is 0.322. The molecule has 2 nitrogen and oxygen atoms in total. The minimum atomic E-state index is 0. The number of amides is 1. The molecular weight excluding hydrogens is 129 g/mol. The summed E-state index contributed by atoms with van der Waals surface area (Å²) in [5.41, 5.74) is 0. The quantitative estimate of drug-likeness (QED) is 0.544. The molecule has 0 saturated heterocycles. The molecule has 1 radical (unpaired) electrons. The summed E-state index contributed by atoms with van der Waals surface area (Å²) in [7, 11) is 0. The Labute approximate surface area is 92.8 Å². The van der Waals surface area contributed by atoms with E-state index in [0.717, 1.165) is 6.54 Å². The Hall–Kier alpha value is 1.11. The van der Waals surface area contributed by atoms with Gasteiger partial charge in [0.1, 0.15) is 0 Å². The topological polar surface area (TPSA) is 29.1 Å². The molecule has 0 atom stereocenters. The zero-order valence-corrected chi connectivity index (χ0v) is 8.95. The summed E-state index contributed by atoms with van der Waals surface area (Å²) in [5.74, 6) is 0.127. The second-order valence-electron chi connectivity index (χ2n) is 1.31. The van der Waals surface area contributed by atoms with Crippen molar-refractivity contribution >= 4 is 57.3 Å². The van der Waals surface area contributed by atoms with Crippen molar-refractivity contribution < 1.29 is 4.79 Å². The average Bonchev–Trinajstić information content (AvgIpc) is 1.68. The van der Waals surface area contributed by atoms with Crippen LogP contribution in [0.1, 0.15) is 20.3 Å². The summed E-state index contributed by atoms with van der Waals surface area (Å²) in [6, 6.07) is 0. The third-order valence-corrected chi connectivity index (χ3v) is 0.695. The first kappa shape index (κ1) is 11.8. The number of hydrogen-bond donors (Lipinski definition) is 1. The van der Waals surface area contributed by atoms with Gasteiger partial charge in [-0.1, -0.05) is 6.92 Å². The van der Waals surface area contributed by atoms with Gasteiger partial charge < -0.3 is 5.32 Å². The first-order valence-corrected chi connectivity index (χ1v) is 2.58. The van der Waals surface area contributed by atoms with Crippen LogP contribution < -0.4 is 5.32 Å². The van der Waals surface area contributed by atoms with Crippen molar-refractivity contribution in [3.63, 3.8) is 0 Å². The maximum absolute atomic E-state index is 10.3. The molecule has 0 spiro atoms. The summed E-state index contributed by atoms with van der Waals surface area (Å²) < 4.78 is 0. The van der Waals surface area contributed by atoms with Crippen molar-refractivity contribution in [1.82, 2.24) is 5.32 Å². The smallest absolute Gasteiger partial charge is 0.219 e. The largest absolute Gasteiger partial charge is 0.356 e. The molecule has 0 bridgehead atoms. The number of nitrogens with one attached hydrogen (secondary N) is 1. The van der Waals surface area contributed by atoms with Crippen molar-refractivity contribution in [3.8, 4) is 0 Å². The second kappa shape index (κ2) is 8.11. The van der Waals surface area contributed by atoms with Crippen LogP contribution in [-0.2, 0) is 4.79 Å². The molecule has 0 rings (SSSR count). The molecule has 0 aliphatic heterocycles. The van der Waals surface area contributed by atoms with E-state index < -0.39 is 0 Å². The molecule has 0 heterocycles. The van der Waals surface area contributed by atoms with Crippen molar-refractivity contribution in [3.05, 3.63) is 0 Å². The zero-order valence-electron chi connectivity index (χ0n) is 5.82. The molecule has 0 aliphatic carbocycles. The molecular formula is C5H11KNO. The fraction of sp³-hybridized carbons (Fsp3) is 0.800. The van der Waals surface area contributed by atoms with Crippen LogP contribution >= 0.6 is 0 Å². The van der Waals surface area contributed by atoms with Crippen LogP contribution in [0.2, 0.25) is 0 Å². The van der Waals surface area contributed by atoms with Gasteiger partial charge in [0.15, 0.2) is 0 Å². The number of carbonyl (C=O) groups is 1. The summed E-state index contributed by atoms with van der Waals surface area (Å²) in [5, 5.41) is 2.66. The standard InChI is InChI=1S/C5H11NO.K/c1-3-5(7)6-4-2;/h3-4H2,1-2H3,(H,6,7);. The maximum atomic E-state index is 10.3. The van der Waals surface area contributed by atoms with Crippen LogP contribution in [0.5, 0.6) is 0 Å². The van der Waals surface area contributed by atoms with Gasteiger partial charge in [0.05, 0.1) is 0 Å². The summed E-state index contributed by atoms with van der Waals surface area (Å²) in [6.45, 7) is 4.49. The number of hydrogen-bond acceptors (Lipinski definition) is 1. The molecule has 43 valence electrons. The maximum Gasteiger partial charge on any atom is 0.219 e. The monoisotopic (exact) mass is 140 g/mol. The second-order valence-corrected chi connectivity index (χ2v) is 1.31. The van der Waals surface area contributed by atoms with Gasteiger partial charge >= 0.3 is 0 Å². The Balaban J connectivity index is 0. The molecule has 0 aromatic carbocycles. The Morgan fingerprint density at radius 1 is 1.50 bits per heavy atom. The average molecular weight is 140 g/mol. The van der Waals surface area contributed by atoms with E-state index in [-0.39, 0.29) is 57.3 Å². The van der Waals surface area contributed by atoms with Crippen molar-refractivity contribution in [2.45, 2.75) is 20.3 Å². The molecule has 0 aliphatic rings. The van der Waals surface area contributed by atoms with Gasteiger partial charge in [-0.2, -0.15) is 0 Å². The summed E-state index contributed by atoms with van der Waals surface area (Å²) >= 11 is 0. The van der Waals surface area contributed by atoms with Crippen molar-refractivity contribution in [2.24, 2.45) is 0 Å². The normalized spacial score (nSPS) is 7.25. The Bertz CT molecular complexity index is 65.4. The third-order valence-electron chi connectivity index (χ3n) is 0.695. The van der Waals surface area contributed by atoms with Crippen LogP contribution in [0.15, 0.2) is 0 Å². The van der Waals surface area contributed by atoms with Crippen LogP contribution in [-0.4, -0.2) is 63.8 Å².